The number of anilines is 1. The van der Waals surface area contributed by atoms with Gasteiger partial charge in [-0.25, -0.2) is 4.98 Å². The number of amides is 1. The van der Waals surface area contributed by atoms with Crippen molar-refractivity contribution < 1.29 is 18.0 Å². The Morgan fingerprint density at radius 2 is 1.69 bits per heavy atom. The number of thiophene rings is 1. The Morgan fingerprint density at radius 1 is 0.944 bits per heavy atom. The number of halogens is 3. The van der Waals surface area contributed by atoms with Gasteiger partial charge in [0.05, 0.1) is 16.1 Å². The number of aromatic amines is 1. The second-order valence-electron chi connectivity index (χ2n) is 7.65. The molecule has 7 nitrogen and oxygen atoms in total. The minimum atomic E-state index is -4.51. The highest BCUT2D eigenvalue weighted by atomic mass is 32.1. The summed E-state index contributed by atoms with van der Waals surface area (Å²) in [6, 6.07) is 19.6. The first-order valence-electron chi connectivity index (χ1n) is 10.6. The van der Waals surface area contributed by atoms with E-state index in [1.807, 2.05) is 35.7 Å². The van der Waals surface area contributed by atoms with Crippen molar-refractivity contribution in [2.24, 2.45) is 0 Å². The highest BCUT2D eigenvalue weighted by Crippen LogP contribution is 2.30. The fraction of sp³-hybridized carbons (Fsp3) is 0.0400. The summed E-state index contributed by atoms with van der Waals surface area (Å²) < 4.78 is 39.9. The Morgan fingerprint density at radius 3 is 2.36 bits per heavy atom. The summed E-state index contributed by atoms with van der Waals surface area (Å²) in [5.74, 6) is -0.410. The maximum Gasteiger partial charge on any atom is 0.416 e. The van der Waals surface area contributed by atoms with Crippen molar-refractivity contribution in [2.75, 3.05) is 5.32 Å². The van der Waals surface area contributed by atoms with Gasteiger partial charge in [-0.3, -0.25) is 14.6 Å². The largest absolute Gasteiger partial charge is 0.416 e. The van der Waals surface area contributed by atoms with Crippen molar-refractivity contribution in [3.63, 3.8) is 0 Å². The molecular weight excluding hydrogens is 491 g/mol. The molecule has 0 saturated heterocycles. The van der Waals surface area contributed by atoms with Crippen LogP contribution in [-0.4, -0.2) is 25.7 Å². The van der Waals surface area contributed by atoms with E-state index in [2.05, 4.69) is 20.4 Å². The lowest BCUT2D eigenvalue weighted by molar-refractivity contribution is -0.137. The summed E-state index contributed by atoms with van der Waals surface area (Å²) in [4.78, 5) is 33.3. The van der Waals surface area contributed by atoms with E-state index in [4.69, 9.17) is 0 Å². The number of rotatable bonds is 5. The van der Waals surface area contributed by atoms with E-state index in [1.165, 1.54) is 22.1 Å². The Kier molecular flexibility index (Phi) is 5.98. The molecular formula is C25H16F3N5O2S. The molecule has 2 aromatic carbocycles. The van der Waals surface area contributed by atoms with Gasteiger partial charge in [-0.05, 0) is 35.7 Å². The van der Waals surface area contributed by atoms with Gasteiger partial charge in [0.1, 0.15) is 11.5 Å². The molecule has 0 saturated carbocycles. The van der Waals surface area contributed by atoms with Gasteiger partial charge in [-0.2, -0.15) is 23.0 Å². The first kappa shape index (κ1) is 23.2. The highest BCUT2D eigenvalue weighted by Gasteiger charge is 2.30. The molecule has 180 valence electrons. The number of carbonyl (C=O) groups is 1. The third-order valence-corrected chi connectivity index (χ3v) is 6.09. The number of hydrogen-bond donors (Lipinski definition) is 2. The molecule has 0 aliphatic heterocycles. The van der Waals surface area contributed by atoms with E-state index in [9.17, 15) is 22.8 Å². The molecule has 0 radical (unpaired) electrons. The number of hydrogen-bond acceptors (Lipinski definition) is 5. The number of H-pyrrole nitrogens is 1. The fourth-order valence-corrected chi connectivity index (χ4v) is 4.16. The maximum atomic E-state index is 12.9. The van der Waals surface area contributed by atoms with Gasteiger partial charge in [0, 0.05) is 23.3 Å². The number of nitrogens with one attached hydrogen (secondary N) is 2. The van der Waals surface area contributed by atoms with E-state index in [0.29, 0.717) is 17.0 Å². The van der Waals surface area contributed by atoms with Gasteiger partial charge in [0.2, 0.25) is 5.95 Å². The molecule has 5 aromatic rings. The normalized spacial score (nSPS) is 11.4. The lowest BCUT2D eigenvalue weighted by Gasteiger charge is -2.10. The van der Waals surface area contributed by atoms with Crippen LogP contribution < -0.4 is 10.9 Å². The first-order valence-corrected chi connectivity index (χ1v) is 11.5. The second-order valence-corrected chi connectivity index (χ2v) is 8.60. The molecule has 11 heteroatoms. The molecule has 0 aliphatic carbocycles. The van der Waals surface area contributed by atoms with Crippen LogP contribution >= 0.6 is 11.3 Å². The van der Waals surface area contributed by atoms with Crippen molar-refractivity contribution in [1.82, 2.24) is 19.7 Å². The van der Waals surface area contributed by atoms with Crippen molar-refractivity contribution in [2.45, 2.75) is 6.18 Å². The number of carbonyl (C=O) groups excluding carboxylic acids is 1. The Labute approximate surface area is 205 Å². The average molecular weight is 507 g/mol. The molecule has 0 unspecified atom stereocenters. The average Bonchev–Trinajstić information content (AvgIpc) is 3.54. The summed E-state index contributed by atoms with van der Waals surface area (Å²) in [6.07, 6.45) is -4.51. The summed E-state index contributed by atoms with van der Waals surface area (Å²) in [7, 11) is 0. The zero-order valence-electron chi connectivity index (χ0n) is 18.3. The lowest BCUT2D eigenvalue weighted by Crippen LogP contribution is -2.19. The van der Waals surface area contributed by atoms with Gasteiger partial charge >= 0.3 is 6.18 Å². The summed E-state index contributed by atoms with van der Waals surface area (Å²) in [5, 5.41) is 9.06. The third kappa shape index (κ3) is 4.82. The third-order valence-electron chi connectivity index (χ3n) is 5.20. The summed E-state index contributed by atoms with van der Waals surface area (Å²) in [5.41, 5.74) is 0.373. The van der Waals surface area contributed by atoms with Crippen LogP contribution in [0, 0.1) is 0 Å². The van der Waals surface area contributed by atoms with Gasteiger partial charge in [0.15, 0.2) is 0 Å². The molecule has 0 atom stereocenters. The van der Waals surface area contributed by atoms with Crippen LogP contribution in [-0.2, 0) is 6.18 Å². The Balaban J connectivity index is 1.55. The van der Waals surface area contributed by atoms with Gasteiger partial charge in [-0.1, -0.05) is 36.4 Å². The van der Waals surface area contributed by atoms with Crippen molar-refractivity contribution in [1.29, 1.82) is 0 Å². The molecule has 5 rings (SSSR count). The Hall–Kier alpha value is -4.51. The number of nitrogens with zero attached hydrogens (tertiary/aromatic N) is 3. The SMILES string of the molecule is O=C(Nc1cc(-c2cccs2)nn1-c1nc(-c2ccccc2)cc(=O)[nH]1)c1ccc(C(F)(F)F)cc1. The monoisotopic (exact) mass is 507 g/mol. The van der Waals surface area contributed by atoms with E-state index in [-0.39, 0.29) is 17.3 Å². The van der Waals surface area contributed by atoms with Crippen LogP contribution in [0.1, 0.15) is 15.9 Å². The molecule has 1 amide bonds. The van der Waals surface area contributed by atoms with E-state index in [0.717, 1.165) is 29.1 Å². The van der Waals surface area contributed by atoms with E-state index in [1.54, 1.807) is 18.2 Å². The minimum absolute atomic E-state index is 0.0212. The second kappa shape index (κ2) is 9.27. The molecule has 0 bridgehead atoms. The number of aromatic nitrogens is 4. The van der Waals surface area contributed by atoms with Crippen LogP contribution in [0.5, 0.6) is 0 Å². The molecule has 0 fully saturated rings. The molecule has 0 aliphatic rings. The van der Waals surface area contributed by atoms with Gasteiger partial charge in [0.25, 0.3) is 11.5 Å². The predicted molar refractivity (Wildman–Crippen MR) is 130 cm³/mol. The topological polar surface area (TPSA) is 92.7 Å². The zero-order valence-corrected chi connectivity index (χ0v) is 19.1. The molecule has 3 aromatic heterocycles. The van der Waals surface area contributed by atoms with Crippen molar-refractivity contribution in [3.8, 4) is 27.8 Å². The molecule has 3 heterocycles. The van der Waals surface area contributed by atoms with Crippen LogP contribution in [0.4, 0.5) is 19.0 Å². The van der Waals surface area contributed by atoms with Crippen LogP contribution in [0.3, 0.4) is 0 Å². The standard InChI is InChI=1S/C25H16F3N5O2S/c26-25(27,28)17-10-8-16(9-11-17)23(35)30-21-13-19(20-7-4-12-36-20)32-33(21)24-29-18(14-22(34)31-24)15-5-2-1-3-6-15/h1-14H,(H,30,35)(H,29,31,34). The summed E-state index contributed by atoms with van der Waals surface area (Å²) in [6.45, 7) is 0. The van der Waals surface area contributed by atoms with Gasteiger partial charge in [-0.15, -0.1) is 11.3 Å². The number of alkyl halides is 3. The maximum absolute atomic E-state index is 12.9. The highest BCUT2D eigenvalue weighted by molar-refractivity contribution is 7.13. The van der Waals surface area contributed by atoms with Crippen molar-refractivity contribution in [3.05, 3.63) is 106 Å². The van der Waals surface area contributed by atoms with E-state index < -0.39 is 23.2 Å². The fourth-order valence-electron chi connectivity index (χ4n) is 3.48. The lowest BCUT2D eigenvalue weighted by atomic mass is 10.1. The van der Waals surface area contributed by atoms with Crippen LogP contribution in [0.25, 0.3) is 27.8 Å². The van der Waals surface area contributed by atoms with Gasteiger partial charge < -0.3 is 5.32 Å². The summed E-state index contributed by atoms with van der Waals surface area (Å²) >= 11 is 1.43. The van der Waals surface area contributed by atoms with Crippen LogP contribution in [0.2, 0.25) is 0 Å². The molecule has 36 heavy (non-hydrogen) atoms. The minimum Gasteiger partial charge on any atom is -0.306 e. The zero-order chi connectivity index (χ0) is 25.3. The smallest absolute Gasteiger partial charge is 0.306 e. The number of benzene rings is 2. The van der Waals surface area contributed by atoms with Crippen molar-refractivity contribution >= 4 is 23.1 Å². The Bertz CT molecular complexity index is 1580. The molecule has 0 spiro atoms. The quantitative estimate of drug-likeness (QED) is 0.323. The van der Waals surface area contributed by atoms with E-state index >= 15 is 0 Å². The predicted octanol–water partition coefficient (Wildman–Crippen LogP) is 5.62. The first-order chi connectivity index (χ1) is 17.3. The van der Waals surface area contributed by atoms with Crippen LogP contribution in [0.15, 0.2) is 89.0 Å². The molecule has 2 N–H and O–H groups in total.